The van der Waals surface area contributed by atoms with E-state index in [1.807, 2.05) is 12.1 Å². The van der Waals surface area contributed by atoms with Crippen LogP contribution in [-0.2, 0) is 20.2 Å². The summed E-state index contributed by atoms with van der Waals surface area (Å²) in [4.78, 5) is 0.177. The van der Waals surface area contributed by atoms with Gasteiger partial charge in [-0.2, -0.15) is 0 Å². The molecular formula is C19H23NO4S. The zero-order chi connectivity index (χ0) is 18.1. The van der Waals surface area contributed by atoms with Crippen LogP contribution in [0.2, 0.25) is 0 Å². The lowest BCUT2D eigenvalue weighted by Gasteiger charge is -2.23. The second-order valence-electron chi connectivity index (χ2n) is 7.15. The molecule has 1 heterocycles. The Hall–Kier alpha value is -2.05. The number of ether oxygens (including phenoxy) is 2. The van der Waals surface area contributed by atoms with E-state index in [-0.39, 0.29) is 16.4 Å². The smallest absolute Gasteiger partial charge is 0.262 e. The highest BCUT2D eigenvalue weighted by Crippen LogP contribution is 2.34. The van der Waals surface area contributed by atoms with Gasteiger partial charge in [0.15, 0.2) is 0 Å². The monoisotopic (exact) mass is 361 g/mol. The van der Waals surface area contributed by atoms with E-state index in [1.165, 1.54) is 0 Å². The van der Waals surface area contributed by atoms with Crippen LogP contribution in [0.3, 0.4) is 0 Å². The van der Waals surface area contributed by atoms with Crippen LogP contribution < -0.4 is 9.46 Å². The summed E-state index contributed by atoms with van der Waals surface area (Å²) in [6.45, 7) is 7.33. The highest BCUT2D eigenvalue weighted by Gasteiger charge is 2.26. The molecule has 1 aliphatic heterocycles. The van der Waals surface area contributed by atoms with E-state index in [2.05, 4.69) is 25.5 Å². The molecule has 1 fully saturated rings. The molecule has 0 amide bonds. The maximum atomic E-state index is 12.7. The molecule has 25 heavy (non-hydrogen) atoms. The van der Waals surface area contributed by atoms with E-state index in [0.717, 1.165) is 5.56 Å². The second kappa shape index (κ2) is 6.69. The standard InChI is InChI=1S/C19H23NO4S/c1-19(2,3)17-10-9-16(11-18(17)24-13-15-12-23-15)25(21,22)20-14-7-5-4-6-8-14/h4-11,15,20H,12-13H2,1-3H3. The van der Waals surface area contributed by atoms with Crippen LogP contribution in [0.25, 0.3) is 0 Å². The van der Waals surface area contributed by atoms with Crippen LogP contribution in [0.15, 0.2) is 53.4 Å². The first kappa shape index (κ1) is 17.8. The van der Waals surface area contributed by atoms with Gasteiger partial charge in [0.05, 0.1) is 11.5 Å². The molecule has 134 valence electrons. The maximum absolute atomic E-state index is 12.7. The first-order chi connectivity index (χ1) is 11.8. The van der Waals surface area contributed by atoms with Crippen molar-refractivity contribution in [3.8, 4) is 5.75 Å². The van der Waals surface area contributed by atoms with E-state index >= 15 is 0 Å². The highest BCUT2D eigenvalue weighted by molar-refractivity contribution is 7.92. The van der Waals surface area contributed by atoms with Gasteiger partial charge in [0.2, 0.25) is 0 Å². The molecule has 0 saturated carbocycles. The molecular weight excluding hydrogens is 338 g/mol. The molecule has 1 N–H and O–H groups in total. The Balaban J connectivity index is 1.91. The van der Waals surface area contributed by atoms with Crippen molar-refractivity contribution in [3.63, 3.8) is 0 Å². The summed E-state index contributed by atoms with van der Waals surface area (Å²) in [5.74, 6) is 0.582. The number of para-hydroxylation sites is 1. The Kier molecular flexibility index (Phi) is 4.75. The van der Waals surface area contributed by atoms with Gasteiger partial charge >= 0.3 is 0 Å². The van der Waals surface area contributed by atoms with Crippen molar-refractivity contribution in [2.24, 2.45) is 0 Å². The Bertz CT molecular complexity index is 837. The van der Waals surface area contributed by atoms with Crippen molar-refractivity contribution in [2.45, 2.75) is 37.2 Å². The molecule has 2 aromatic carbocycles. The van der Waals surface area contributed by atoms with Crippen LogP contribution in [0.5, 0.6) is 5.75 Å². The predicted molar refractivity (Wildman–Crippen MR) is 97.6 cm³/mol. The molecule has 3 rings (SSSR count). The quantitative estimate of drug-likeness (QED) is 0.799. The van der Waals surface area contributed by atoms with Gasteiger partial charge in [0.1, 0.15) is 18.5 Å². The number of nitrogens with one attached hydrogen (secondary N) is 1. The molecule has 0 aliphatic carbocycles. The summed E-state index contributed by atoms with van der Waals surface area (Å²) >= 11 is 0. The van der Waals surface area contributed by atoms with E-state index in [0.29, 0.717) is 24.7 Å². The zero-order valence-electron chi connectivity index (χ0n) is 14.7. The first-order valence-electron chi connectivity index (χ1n) is 8.22. The van der Waals surface area contributed by atoms with E-state index in [9.17, 15) is 8.42 Å². The molecule has 1 aliphatic rings. The van der Waals surface area contributed by atoms with Crippen molar-refractivity contribution < 1.29 is 17.9 Å². The van der Waals surface area contributed by atoms with Crippen LogP contribution >= 0.6 is 0 Å². The summed E-state index contributed by atoms with van der Waals surface area (Å²) < 4.78 is 39.0. The molecule has 2 aromatic rings. The van der Waals surface area contributed by atoms with Gasteiger partial charge in [-0.1, -0.05) is 45.0 Å². The minimum Gasteiger partial charge on any atom is -0.490 e. The third kappa shape index (κ3) is 4.52. The summed E-state index contributed by atoms with van der Waals surface area (Å²) in [5, 5.41) is 0. The lowest BCUT2D eigenvalue weighted by Crippen LogP contribution is -2.17. The average molecular weight is 361 g/mol. The molecule has 0 aromatic heterocycles. The summed E-state index contributed by atoms with van der Waals surface area (Å²) in [5.41, 5.74) is 1.33. The SMILES string of the molecule is CC(C)(C)c1ccc(S(=O)(=O)Nc2ccccc2)cc1OCC1CO1. The number of sulfonamides is 1. The van der Waals surface area contributed by atoms with Gasteiger partial charge in [0.25, 0.3) is 10.0 Å². The minimum absolute atomic E-state index is 0.107. The number of benzene rings is 2. The van der Waals surface area contributed by atoms with E-state index in [4.69, 9.17) is 9.47 Å². The third-order valence-electron chi connectivity index (χ3n) is 3.92. The lowest BCUT2D eigenvalue weighted by molar-refractivity contribution is 0.257. The molecule has 0 radical (unpaired) electrons. The molecule has 5 nitrogen and oxygen atoms in total. The molecule has 1 unspecified atom stereocenters. The van der Waals surface area contributed by atoms with Gasteiger partial charge in [-0.3, -0.25) is 4.72 Å². The fourth-order valence-electron chi connectivity index (χ4n) is 2.48. The van der Waals surface area contributed by atoms with E-state index in [1.54, 1.807) is 36.4 Å². The summed E-state index contributed by atoms with van der Waals surface area (Å²) in [6.07, 6.45) is 0.107. The van der Waals surface area contributed by atoms with Crippen molar-refractivity contribution in [3.05, 3.63) is 54.1 Å². The number of hydrogen-bond donors (Lipinski definition) is 1. The predicted octanol–water partition coefficient (Wildman–Crippen LogP) is 3.56. The van der Waals surface area contributed by atoms with Crippen molar-refractivity contribution in [1.29, 1.82) is 0 Å². The first-order valence-corrected chi connectivity index (χ1v) is 9.71. The average Bonchev–Trinajstić information content (AvgIpc) is 3.36. The number of rotatable bonds is 6. The summed E-state index contributed by atoms with van der Waals surface area (Å²) in [6, 6.07) is 13.9. The molecule has 1 saturated heterocycles. The van der Waals surface area contributed by atoms with Gasteiger partial charge in [-0.15, -0.1) is 0 Å². The van der Waals surface area contributed by atoms with E-state index < -0.39 is 10.0 Å². The Morgan fingerprint density at radius 1 is 1.16 bits per heavy atom. The molecule has 0 spiro atoms. The Morgan fingerprint density at radius 3 is 2.44 bits per heavy atom. The molecule has 0 bridgehead atoms. The fraction of sp³-hybridized carbons (Fsp3) is 0.368. The number of hydrogen-bond acceptors (Lipinski definition) is 4. The van der Waals surface area contributed by atoms with Gasteiger partial charge < -0.3 is 9.47 Å². The highest BCUT2D eigenvalue weighted by atomic mass is 32.2. The zero-order valence-corrected chi connectivity index (χ0v) is 15.5. The number of anilines is 1. The fourth-order valence-corrected chi connectivity index (χ4v) is 3.55. The van der Waals surface area contributed by atoms with Gasteiger partial charge in [-0.25, -0.2) is 8.42 Å². The largest absolute Gasteiger partial charge is 0.490 e. The molecule has 6 heteroatoms. The maximum Gasteiger partial charge on any atom is 0.262 e. The van der Waals surface area contributed by atoms with Crippen LogP contribution in [0.4, 0.5) is 5.69 Å². The minimum atomic E-state index is -3.68. The Labute approximate surface area is 149 Å². The van der Waals surface area contributed by atoms with Crippen molar-refractivity contribution >= 4 is 15.7 Å². The lowest BCUT2D eigenvalue weighted by atomic mass is 9.86. The molecule has 1 atom stereocenters. The topological polar surface area (TPSA) is 67.9 Å². The number of epoxide rings is 1. The van der Waals surface area contributed by atoms with Crippen LogP contribution in [-0.4, -0.2) is 27.7 Å². The van der Waals surface area contributed by atoms with Crippen molar-refractivity contribution in [2.75, 3.05) is 17.9 Å². The Morgan fingerprint density at radius 2 is 1.84 bits per heavy atom. The third-order valence-corrected chi connectivity index (χ3v) is 5.30. The normalized spacial score (nSPS) is 17.2. The second-order valence-corrected chi connectivity index (χ2v) is 8.83. The van der Waals surface area contributed by atoms with Gasteiger partial charge in [-0.05, 0) is 29.2 Å². The van der Waals surface area contributed by atoms with Gasteiger partial charge in [0, 0.05) is 11.8 Å². The summed E-state index contributed by atoms with van der Waals surface area (Å²) in [7, 11) is -3.68. The van der Waals surface area contributed by atoms with Crippen molar-refractivity contribution in [1.82, 2.24) is 0 Å². The van der Waals surface area contributed by atoms with Crippen LogP contribution in [0.1, 0.15) is 26.3 Å². The van der Waals surface area contributed by atoms with Crippen LogP contribution in [0, 0.1) is 0 Å².